The highest BCUT2D eigenvalue weighted by atomic mass is 32.2. The molecular weight excluding hydrogens is 476 g/mol. The fourth-order valence-electron chi connectivity index (χ4n) is 6.39. The van der Waals surface area contributed by atoms with Gasteiger partial charge in [0.2, 0.25) is 11.8 Å². The number of nitrogens with zero attached hydrogens (tertiary/aromatic N) is 2. The molecule has 0 aromatic carbocycles. The van der Waals surface area contributed by atoms with Gasteiger partial charge in [-0.3, -0.25) is 14.4 Å². The molecule has 5 atom stereocenters. The van der Waals surface area contributed by atoms with Gasteiger partial charge in [-0.2, -0.15) is 0 Å². The van der Waals surface area contributed by atoms with Gasteiger partial charge in [0.05, 0.1) is 23.2 Å². The number of carbonyl (C=O) groups is 3. The third kappa shape index (κ3) is 4.75. The van der Waals surface area contributed by atoms with E-state index in [1.165, 1.54) is 0 Å². The van der Waals surface area contributed by atoms with Crippen molar-refractivity contribution in [2.75, 3.05) is 26.3 Å². The van der Waals surface area contributed by atoms with Gasteiger partial charge in [-0.15, -0.1) is 11.8 Å². The molecule has 2 fully saturated rings. The number of hydrogen-bond acceptors (Lipinski definition) is 6. The molecule has 1 spiro atoms. The van der Waals surface area contributed by atoms with E-state index in [4.69, 9.17) is 9.84 Å². The van der Waals surface area contributed by atoms with E-state index in [1.54, 1.807) is 16.7 Å². The fourth-order valence-corrected chi connectivity index (χ4v) is 8.54. The summed E-state index contributed by atoms with van der Waals surface area (Å²) in [5.41, 5.74) is -0.398. The number of unbranched alkanes of at least 4 members (excludes halogenated alkanes) is 3. The second-order valence-corrected chi connectivity index (χ2v) is 13.5. The highest BCUT2D eigenvalue weighted by Crippen LogP contribution is 2.65. The van der Waals surface area contributed by atoms with Crippen LogP contribution in [0.5, 0.6) is 0 Å². The zero-order chi connectivity index (χ0) is 26.1. The minimum absolute atomic E-state index is 0.0455. The van der Waals surface area contributed by atoms with Crippen molar-refractivity contribution in [1.82, 2.24) is 9.80 Å². The first-order valence-electron chi connectivity index (χ1n) is 13.5. The van der Waals surface area contributed by atoms with Gasteiger partial charge in [0.25, 0.3) is 0 Å². The summed E-state index contributed by atoms with van der Waals surface area (Å²) in [5, 5.41) is 9.12. The number of likely N-dealkylation sites (tertiary alicyclic amines) is 1. The van der Waals surface area contributed by atoms with Crippen LogP contribution in [0, 0.1) is 11.8 Å². The second kappa shape index (κ2) is 10.5. The average molecular weight is 519 g/mol. The number of ether oxygens (including phenoxy) is 1. The Labute approximate surface area is 219 Å². The van der Waals surface area contributed by atoms with Crippen molar-refractivity contribution in [3.05, 3.63) is 24.3 Å². The third-order valence-electron chi connectivity index (χ3n) is 8.12. The molecule has 7 nitrogen and oxygen atoms in total. The summed E-state index contributed by atoms with van der Waals surface area (Å²) < 4.78 is 4.26. The number of carbonyl (C=O) groups excluding carboxylic acids is 3. The molecule has 200 valence electrons. The van der Waals surface area contributed by atoms with Crippen molar-refractivity contribution < 1.29 is 24.2 Å². The summed E-state index contributed by atoms with van der Waals surface area (Å²) in [5.74, 6) is -1.78. The summed E-state index contributed by atoms with van der Waals surface area (Å²) >= 11 is 1.61. The lowest BCUT2D eigenvalue weighted by Gasteiger charge is -2.41. The smallest absolute Gasteiger partial charge is 0.311 e. The molecular formula is C28H42N2O5S. The maximum atomic E-state index is 14.3. The van der Waals surface area contributed by atoms with Gasteiger partial charge in [0.15, 0.2) is 0 Å². The monoisotopic (exact) mass is 518 g/mol. The number of aliphatic hydroxyl groups is 1. The van der Waals surface area contributed by atoms with Crippen LogP contribution in [0.25, 0.3) is 0 Å². The number of amides is 2. The fraction of sp³-hybridized carbons (Fsp3) is 0.750. The minimum Gasteiger partial charge on any atom is -0.465 e. The van der Waals surface area contributed by atoms with Crippen LogP contribution in [0.2, 0.25) is 0 Å². The van der Waals surface area contributed by atoms with Crippen LogP contribution >= 0.6 is 11.8 Å². The molecule has 0 aromatic rings. The lowest BCUT2D eigenvalue weighted by molar-refractivity contribution is -0.154. The van der Waals surface area contributed by atoms with E-state index in [0.717, 1.165) is 44.9 Å². The first kappa shape index (κ1) is 27.2. The molecule has 4 aliphatic heterocycles. The predicted molar refractivity (Wildman–Crippen MR) is 141 cm³/mol. The molecule has 8 heteroatoms. The van der Waals surface area contributed by atoms with Gasteiger partial charge < -0.3 is 19.6 Å². The Morgan fingerprint density at radius 3 is 2.50 bits per heavy atom. The first-order chi connectivity index (χ1) is 17.1. The van der Waals surface area contributed by atoms with E-state index in [2.05, 4.69) is 18.2 Å². The molecule has 0 radical (unpaired) electrons. The second-order valence-electron chi connectivity index (χ2n) is 11.8. The van der Waals surface area contributed by atoms with Crippen molar-refractivity contribution in [3.8, 4) is 0 Å². The molecule has 2 amide bonds. The molecule has 0 saturated carbocycles. The van der Waals surface area contributed by atoms with Gasteiger partial charge in [0, 0.05) is 30.0 Å². The molecule has 0 aliphatic carbocycles. The van der Waals surface area contributed by atoms with E-state index in [0.29, 0.717) is 19.7 Å². The number of rotatable bonds is 6. The van der Waals surface area contributed by atoms with Gasteiger partial charge in [-0.1, -0.05) is 37.1 Å². The Bertz CT molecular complexity index is 927. The zero-order valence-corrected chi connectivity index (χ0v) is 23.0. The SMILES string of the molecule is CC(C)(C)N1CC=C[C@]23S[C@@]4(C)/C=C\CCCCOC(=O)[C@H]4[C@H]2C(=O)N(CCCCCCO)C3C1=O. The highest BCUT2D eigenvalue weighted by Gasteiger charge is 2.74. The van der Waals surface area contributed by atoms with Crippen LogP contribution in [0.15, 0.2) is 24.3 Å². The molecule has 4 heterocycles. The topological polar surface area (TPSA) is 87.2 Å². The predicted octanol–water partition coefficient (Wildman–Crippen LogP) is 3.71. The maximum absolute atomic E-state index is 14.3. The van der Waals surface area contributed by atoms with Crippen LogP contribution in [0.1, 0.15) is 72.6 Å². The largest absolute Gasteiger partial charge is 0.465 e. The quantitative estimate of drug-likeness (QED) is 0.328. The Morgan fingerprint density at radius 1 is 1.03 bits per heavy atom. The Hall–Kier alpha value is -1.80. The van der Waals surface area contributed by atoms with Gasteiger partial charge >= 0.3 is 5.97 Å². The molecule has 1 N–H and O–H groups in total. The van der Waals surface area contributed by atoms with Crippen LogP contribution in [-0.2, 0) is 19.1 Å². The van der Waals surface area contributed by atoms with Crippen molar-refractivity contribution in [1.29, 1.82) is 0 Å². The average Bonchev–Trinajstić information content (AvgIpc) is 3.12. The highest BCUT2D eigenvalue weighted by molar-refractivity contribution is 8.02. The minimum atomic E-state index is -0.823. The maximum Gasteiger partial charge on any atom is 0.311 e. The summed E-state index contributed by atoms with van der Waals surface area (Å²) in [6.07, 6.45) is 14.2. The summed E-state index contributed by atoms with van der Waals surface area (Å²) in [6.45, 7) is 9.57. The molecule has 2 saturated heterocycles. The number of cyclic esters (lactones) is 1. The normalized spacial score (nSPS) is 35.7. The standard InChI is InChI=1S/C28H42N2O5S/c1-26(2,3)30-17-13-15-28-20(21-25(34)35-19-12-8-5-9-14-27(21,4)36-28)23(32)29(22(28)24(30)33)16-10-6-7-11-18-31/h9,13-15,20-22,31H,5-8,10-12,16-19H2,1-4H3/b14-9-/t20-,21+,22?,27-,28-/m0/s1. The lowest BCUT2D eigenvalue weighted by Crippen LogP contribution is -2.57. The summed E-state index contributed by atoms with van der Waals surface area (Å²) in [4.78, 5) is 45.6. The lowest BCUT2D eigenvalue weighted by atomic mass is 9.74. The van der Waals surface area contributed by atoms with E-state index < -0.39 is 32.9 Å². The number of fused-ring (bicyclic) bond motifs is 2. The molecule has 1 unspecified atom stereocenters. The van der Waals surface area contributed by atoms with E-state index >= 15 is 0 Å². The van der Waals surface area contributed by atoms with Crippen molar-refractivity contribution in [3.63, 3.8) is 0 Å². The number of allylic oxidation sites excluding steroid dienone is 1. The van der Waals surface area contributed by atoms with Crippen LogP contribution in [0.4, 0.5) is 0 Å². The van der Waals surface area contributed by atoms with Crippen molar-refractivity contribution >= 4 is 29.5 Å². The molecule has 4 aliphatic rings. The van der Waals surface area contributed by atoms with Gasteiger partial charge in [-0.05, 0) is 59.8 Å². The van der Waals surface area contributed by atoms with Crippen molar-refractivity contribution in [2.45, 2.75) is 93.7 Å². The van der Waals surface area contributed by atoms with E-state index in [-0.39, 0.29) is 24.4 Å². The zero-order valence-electron chi connectivity index (χ0n) is 22.2. The number of esters is 1. The molecule has 0 aromatic heterocycles. The third-order valence-corrected chi connectivity index (χ3v) is 9.91. The summed E-state index contributed by atoms with van der Waals surface area (Å²) in [6, 6.07) is -0.661. The first-order valence-corrected chi connectivity index (χ1v) is 14.3. The van der Waals surface area contributed by atoms with E-state index in [1.807, 2.05) is 38.7 Å². The van der Waals surface area contributed by atoms with Crippen LogP contribution < -0.4 is 0 Å². The molecule has 36 heavy (non-hydrogen) atoms. The number of hydrogen-bond donors (Lipinski definition) is 1. The van der Waals surface area contributed by atoms with E-state index in [9.17, 15) is 14.4 Å². The molecule has 0 bridgehead atoms. The van der Waals surface area contributed by atoms with Crippen LogP contribution in [-0.4, -0.2) is 80.1 Å². The van der Waals surface area contributed by atoms with Gasteiger partial charge in [-0.25, -0.2) is 0 Å². The molecule has 4 rings (SSSR count). The Morgan fingerprint density at radius 2 is 1.78 bits per heavy atom. The van der Waals surface area contributed by atoms with Gasteiger partial charge in [0.1, 0.15) is 6.04 Å². The number of thioether (sulfide) groups is 1. The van der Waals surface area contributed by atoms with Crippen molar-refractivity contribution in [2.24, 2.45) is 11.8 Å². The Balaban J connectivity index is 1.77. The summed E-state index contributed by atoms with van der Waals surface area (Å²) in [7, 11) is 0. The number of aliphatic hydroxyl groups excluding tert-OH is 1. The Kier molecular flexibility index (Phi) is 7.96. The van der Waals surface area contributed by atoms with Crippen LogP contribution in [0.3, 0.4) is 0 Å².